The molecule has 198 valence electrons. The lowest BCUT2D eigenvalue weighted by atomic mass is 9.99. The van der Waals surface area contributed by atoms with E-state index in [2.05, 4.69) is 39.5 Å². The second-order valence-electron chi connectivity index (χ2n) is 9.61. The molecule has 3 N–H and O–H groups in total. The number of rotatable bonds is 7. The number of ether oxygens (including phenoxy) is 2. The van der Waals surface area contributed by atoms with Gasteiger partial charge < -0.3 is 14.8 Å². The molecular formula is C29H32N4O5. The van der Waals surface area contributed by atoms with Crippen molar-refractivity contribution in [2.75, 3.05) is 44.8 Å². The summed E-state index contributed by atoms with van der Waals surface area (Å²) < 4.78 is 10.8. The summed E-state index contributed by atoms with van der Waals surface area (Å²) in [5, 5.41) is 12.0. The Balaban J connectivity index is 1.32. The van der Waals surface area contributed by atoms with E-state index >= 15 is 0 Å². The van der Waals surface area contributed by atoms with Crippen molar-refractivity contribution in [3.8, 4) is 22.4 Å². The molecular weight excluding hydrogens is 484 g/mol. The minimum absolute atomic E-state index is 0.152. The maximum Gasteiger partial charge on any atom is 0.274 e. The maximum absolute atomic E-state index is 12.7. The molecule has 2 fully saturated rings. The fourth-order valence-electron chi connectivity index (χ4n) is 4.78. The lowest BCUT2D eigenvalue weighted by molar-refractivity contribution is -0.122. The number of hydrogen-bond donors (Lipinski definition) is 3. The number of morpholine rings is 1. The molecule has 2 saturated heterocycles. The number of carbonyl (C=O) groups is 2. The zero-order chi connectivity index (χ0) is 26.3. The van der Waals surface area contributed by atoms with E-state index < -0.39 is 5.91 Å². The summed E-state index contributed by atoms with van der Waals surface area (Å²) in [6.45, 7) is 5.50. The number of aromatic nitrogens is 1. The van der Waals surface area contributed by atoms with Crippen LogP contribution in [0.3, 0.4) is 0 Å². The Labute approximate surface area is 221 Å². The molecule has 9 nitrogen and oxygen atoms in total. The molecule has 0 bridgehead atoms. The van der Waals surface area contributed by atoms with Crippen molar-refractivity contribution in [1.29, 1.82) is 0 Å². The molecule has 2 aliphatic heterocycles. The van der Waals surface area contributed by atoms with Crippen LogP contribution in [0.1, 0.15) is 28.8 Å². The van der Waals surface area contributed by atoms with E-state index in [1.807, 2.05) is 24.3 Å². The van der Waals surface area contributed by atoms with Crippen molar-refractivity contribution in [1.82, 2.24) is 15.4 Å². The van der Waals surface area contributed by atoms with Gasteiger partial charge >= 0.3 is 0 Å². The highest BCUT2D eigenvalue weighted by atomic mass is 16.5. The van der Waals surface area contributed by atoms with Crippen LogP contribution in [0.15, 0.2) is 60.7 Å². The van der Waals surface area contributed by atoms with Gasteiger partial charge in [-0.25, -0.2) is 10.5 Å². The van der Waals surface area contributed by atoms with E-state index in [9.17, 15) is 14.8 Å². The summed E-state index contributed by atoms with van der Waals surface area (Å²) in [6, 6.07) is 19.5. The number of hydroxylamine groups is 1. The smallest absolute Gasteiger partial charge is 0.274 e. The Kier molecular flexibility index (Phi) is 8.40. The van der Waals surface area contributed by atoms with Crippen molar-refractivity contribution in [2.24, 2.45) is 5.92 Å². The van der Waals surface area contributed by atoms with Crippen LogP contribution in [-0.2, 0) is 20.8 Å². The molecule has 0 spiro atoms. The highest BCUT2D eigenvalue weighted by molar-refractivity contribution is 5.97. The van der Waals surface area contributed by atoms with Crippen LogP contribution >= 0.6 is 0 Å². The lowest BCUT2D eigenvalue weighted by Gasteiger charge is -2.26. The molecule has 0 saturated carbocycles. The zero-order valence-electron chi connectivity index (χ0n) is 21.2. The summed E-state index contributed by atoms with van der Waals surface area (Å²) in [5.41, 5.74) is 6.59. The van der Waals surface area contributed by atoms with Crippen molar-refractivity contribution in [3.63, 3.8) is 0 Å². The number of benzene rings is 2. The number of carbonyl (C=O) groups excluding carboxylic acids is 2. The highest BCUT2D eigenvalue weighted by Gasteiger charge is 2.22. The Morgan fingerprint density at radius 1 is 0.868 bits per heavy atom. The lowest BCUT2D eigenvalue weighted by Crippen LogP contribution is -2.35. The number of pyridine rings is 1. The summed E-state index contributed by atoms with van der Waals surface area (Å²) >= 11 is 0. The quantitative estimate of drug-likeness (QED) is 0.324. The Bertz CT molecular complexity index is 1250. The fraction of sp³-hybridized carbons (Fsp3) is 0.345. The van der Waals surface area contributed by atoms with E-state index in [0.717, 1.165) is 49.5 Å². The first-order chi connectivity index (χ1) is 18.6. The van der Waals surface area contributed by atoms with Crippen molar-refractivity contribution >= 4 is 17.6 Å². The summed E-state index contributed by atoms with van der Waals surface area (Å²) in [4.78, 5) is 31.9. The van der Waals surface area contributed by atoms with Gasteiger partial charge in [-0.1, -0.05) is 48.5 Å². The molecule has 5 rings (SSSR count). The van der Waals surface area contributed by atoms with Crippen LogP contribution in [-0.4, -0.2) is 66.4 Å². The molecule has 2 aliphatic rings. The number of amides is 2. The summed E-state index contributed by atoms with van der Waals surface area (Å²) in [6.07, 6.45) is 1.29. The Hall–Kier alpha value is -3.63. The highest BCUT2D eigenvalue weighted by Crippen LogP contribution is 2.27. The van der Waals surface area contributed by atoms with E-state index in [-0.39, 0.29) is 23.2 Å². The second kappa shape index (κ2) is 12.3. The van der Waals surface area contributed by atoms with Gasteiger partial charge in [-0.3, -0.25) is 19.7 Å². The van der Waals surface area contributed by atoms with Crippen LogP contribution in [0.25, 0.3) is 22.4 Å². The Morgan fingerprint density at radius 3 is 2.13 bits per heavy atom. The Morgan fingerprint density at radius 2 is 1.47 bits per heavy atom. The van der Waals surface area contributed by atoms with Gasteiger partial charge in [0.2, 0.25) is 5.91 Å². The van der Waals surface area contributed by atoms with E-state index in [1.54, 1.807) is 11.5 Å². The first kappa shape index (κ1) is 26.0. The molecule has 38 heavy (non-hydrogen) atoms. The van der Waals surface area contributed by atoms with Crippen LogP contribution < -0.4 is 10.8 Å². The zero-order valence-corrected chi connectivity index (χ0v) is 21.2. The maximum atomic E-state index is 12.7. The van der Waals surface area contributed by atoms with E-state index in [1.165, 1.54) is 11.6 Å². The van der Waals surface area contributed by atoms with Crippen molar-refractivity contribution in [2.45, 2.75) is 19.4 Å². The molecule has 0 aliphatic carbocycles. The van der Waals surface area contributed by atoms with Crippen LogP contribution in [0.5, 0.6) is 0 Å². The minimum Gasteiger partial charge on any atom is -0.381 e. The monoisotopic (exact) mass is 516 g/mol. The molecule has 3 aromatic rings. The fourth-order valence-corrected chi connectivity index (χ4v) is 4.78. The first-order valence-electron chi connectivity index (χ1n) is 12.9. The molecule has 0 radical (unpaired) electrons. The molecule has 3 heterocycles. The molecule has 9 heteroatoms. The third kappa shape index (κ3) is 6.43. The van der Waals surface area contributed by atoms with Gasteiger partial charge in [-0.2, -0.15) is 0 Å². The van der Waals surface area contributed by atoms with Gasteiger partial charge in [0, 0.05) is 49.9 Å². The van der Waals surface area contributed by atoms with Gasteiger partial charge in [-0.15, -0.1) is 0 Å². The molecule has 0 atom stereocenters. The van der Waals surface area contributed by atoms with Gasteiger partial charge in [0.1, 0.15) is 5.82 Å². The summed E-state index contributed by atoms with van der Waals surface area (Å²) in [7, 11) is 0. The standard InChI is InChI=1S/C29H32N4O5/c34-28(24-9-13-37-14-10-24)31-27-18-25(29(35)32-36)17-26(30-27)23-7-5-22(6-8-23)21-3-1-20(2-4-21)19-33-11-15-38-16-12-33/h1-8,17-18,24,36H,9-16,19H2,(H,32,35)(H,30,31,34). The predicted molar refractivity (Wildman–Crippen MR) is 143 cm³/mol. The van der Waals surface area contributed by atoms with Crippen LogP contribution in [0, 0.1) is 5.92 Å². The second-order valence-corrected chi connectivity index (χ2v) is 9.61. The van der Waals surface area contributed by atoms with Crippen molar-refractivity contribution in [3.05, 3.63) is 71.8 Å². The molecule has 0 unspecified atom stereocenters. The average molecular weight is 517 g/mol. The van der Waals surface area contributed by atoms with Crippen LogP contribution in [0.2, 0.25) is 0 Å². The van der Waals surface area contributed by atoms with Gasteiger partial charge in [-0.05, 0) is 41.7 Å². The first-order valence-corrected chi connectivity index (χ1v) is 12.9. The number of nitrogens with zero attached hydrogens (tertiary/aromatic N) is 2. The van der Waals surface area contributed by atoms with E-state index in [0.29, 0.717) is 31.7 Å². The van der Waals surface area contributed by atoms with Crippen LogP contribution in [0.4, 0.5) is 5.82 Å². The number of nitrogens with one attached hydrogen (secondary N) is 2. The SMILES string of the molecule is O=C(NO)c1cc(NC(=O)C2CCOCC2)nc(-c2ccc(-c3ccc(CN4CCOCC4)cc3)cc2)c1. The summed E-state index contributed by atoms with van der Waals surface area (Å²) in [5.74, 6) is -0.730. The predicted octanol–water partition coefficient (Wildman–Crippen LogP) is 3.73. The number of anilines is 1. The third-order valence-corrected chi connectivity index (χ3v) is 7.01. The van der Waals surface area contributed by atoms with Gasteiger partial charge in [0.15, 0.2) is 0 Å². The normalized spacial score (nSPS) is 16.7. The average Bonchev–Trinajstić information content (AvgIpc) is 2.98. The third-order valence-electron chi connectivity index (χ3n) is 7.01. The van der Waals surface area contributed by atoms with Crippen molar-refractivity contribution < 1.29 is 24.3 Å². The minimum atomic E-state index is -0.677. The molecule has 1 aromatic heterocycles. The van der Waals surface area contributed by atoms with Gasteiger partial charge in [0.05, 0.1) is 18.9 Å². The largest absolute Gasteiger partial charge is 0.381 e. The topological polar surface area (TPSA) is 113 Å². The van der Waals surface area contributed by atoms with E-state index in [4.69, 9.17) is 9.47 Å². The molecule has 2 aromatic carbocycles. The number of hydrogen-bond acceptors (Lipinski definition) is 7. The molecule has 2 amide bonds. The van der Waals surface area contributed by atoms with Gasteiger partial charge in [0.25, 0.3) is 5.91 Å².